The van der Waals surface area contributed by atoms with Crippen LogP contribution >= 0.6 is 0 Å². The van der Waals surface area contributed by atoms with Gasteiger partial charge in [0.2, 0.25) is 0 Å². The molecule has 10 nitrogen and oxygen atoms in total. The number of hydrogen-bond donors (Lipinski definition) is 3. The molecule has 0 radical (unpaired) electrons. The molecular weight excluding hydrogens is 468 g/mol. The Balaban J connectivity index is 1.46. The first kappa shape index (κ1) is 24.4. The summed E-state index contributed by atoms with van der Waals surface area (Å²) >= 11 is 0. The standard InChI is InChI=1S/C27H30N8O2/c1-5-22(36)19-15-30-24(33-23-10-9-17(14-29-23)27(28-2)11-12-27)13-21(19)32-20-8-6-7-18(25(20)37-4)26-31-16-35(3)34-26/h6-10,13-16,28H,5,11-12H2,1-4H3,(H2,29,30,32,33). The van der Waals surface area contributed by atoms with Gasteiger partial charge in [-0.05, 0) is 43.7 Å². The van der Waals surface area contributed by atoms with Crippen molar-refractivity contribution in [1.29, 1.82) is 0 Å². The molecule has 3 aromatic heterocycles. The Hall–Kier alpha value is -4.31. The SMILES string of the molecule is CCC(=O)c1cnc(Nc2ccc(C3(NC)CC3)cn2)cc1Nc1cccc(-c2ncn(C)n2)c1OC. The summed E-state index contributed by atoms with van der Waals surface area (Å²) in [7, 11) is 5.39. The molecule has 190 valence electrons. The number of para-hydroxylation sites is 1. The number of ketones is 1. The minimum atomic E-state index is -0.0210. The van der Waals surface area contributed by atoms with Crippen LogP contribution in [-0.4, -0.2) is 44.7 Å². The molecule has 1 aromatic carbocycles. The number of ether oxygens (including phenoxy) is 1. The van der Waals surface area contributed by atoms with Crippen LogP contribution < -0.4 is 20.7 Å². The molecule has 0 atom stereocenters. The first-order valence-electron chi connectivity index (χ1n) is 12.2. The maximum absolute atomic E-state index is 12.7. The van der Waals surface area contributed by atoms with Gasteiger partial charge in [0.25, 0.3) is 0 Å². The monoisotopic (exact) mass is 498 g/mol. The molecule has 3 N–H and O–H groups in total. The molecule has 3 heterocycles. The third kappa shape index (κ3) is 4.88. The summed E-state index contributed by atoms with van der Waals surface area (Å²) in [6.45, 7) is 1.83. The lowest BCUT2D eigenvalue weighted by atomic mass is 10.1. The van der Waals surface area contributed by atoms with Crippen LogP contribution in [0.25, 0.3) is 11.4 Å². The highest BCUT2D eigenvalue weighted by Gasteiger charge is 2.42. The van der Waals surface area contributed by atoms with Crippen molar-refractivity contribution in [3.05, 3.63) is 66.2 Å². The Morgan fingerprint density at radius 1 is 1.05 bits per heavy atom. The predicted molar refractivity (Wildman–Crippen MR) is 143 cm³/mol. The Kier molecular flexibility index (Phi) is 6.58. The molecular formula is C27H30N8O2. The minimum Gasteiger partial charge on any atom is -0.494 e. The molecule has 0 amide bonds. The van der Waals surface area contributed by atoms with Gasteiger partial charge in [0.1, 0.15) is 18.0 Å². The molecule has 1 aliphatic rings. The minimum absolute atomic E-state index is 0.0210. The van der Waals surface area contributed by atoms with E-state index in [0.29, 0.717) is 46.6 Å². The van der Waals surface area contributed by atoms with E-state index in [1.54, 1.807) is 30.4 Å². The van der Waals surface area contributed by atoms with Gasteiger partial charge in [0.15, 0.2) is 17.4 Å². The number of methoxy groups -OCH3 is 1. The van der Waals surface area contributed by atoms with Gasteiger partial charge in [-0.2, -0.15) is 5.10 Å². The summed E-state index contributed by atoms with van der Waals surface area (Å²) < 4.78 is 7.37. The zero-order chi connectivity index (χ0) is 26.0. The topological polar surface area (TPSA) is 119 Å². The maximum Gasteiger partial charge on any atom is 0.184 e. The van der Waals surface area contributed by atoms with Crippen LogP contribution in [0.3, 0.4) is 0 Å². The number of pyridine rings is 2. The van der Waals surface area contributed by atoms with Crippen molar-refractivity contribution >= 4 is 28.8 Å². The number of rotatable bonds is 10. The molecule has 1 aliphatic carbocycles. The molecule has 1 fully saturated rings. The van der Waals surface area contributed by atoms with Crippen molar-refractivity contribution in [3.63, 3.8) is 0 Å². The van der Waals surface area contributed by atoms with E-state index >= 15 is 0 Å². The molecule has 37 heavy (non-hydrogen) atoms. The van der Waals surface area contributed by atoms with E-state index in [1.807, 2.05) is 51.5 Å². The van der Waals surface area contributed by atoms with Gasteiger partial charge >= 0.3 is 0 Å². The van der Waals surface area contributed by atoms with Crippen molar-refractivity contribution in [3.8, 4) is 17.1 Å². The van der Waals surface area contributed by atoms with Crippen molar-refractivity contribution in [2.75, 3.05) is 24.8 Å². The van der Waals surface area contributed by atoms with Crippen molar-refractivity contribution < 1.29 is 9.53 Å². The molecule has 0 saturated heterocycles. The average Bonchev–Trinajstić information content (AvgIpc) is 3.61. The zero-order valence-corrected chi connectivity index (χ0v) is 21.4. The van der Waals surface area contributed by atoms with Crippen molar-refractivity contribution in [1.82, 2.24) is 30.0 Å². The zero-order valence-electron chi connectivity index (χ0n) is 21.4. The first-order valence-corrected chi connectivity index (χ1v) is 12.2. The van der Waals surface area contributed by atoms with Gasteiger partial charge in [-0.15, -0.1) is 0 Å². The number of nitrogens with zero attached hydrogens (tertiary/aromatic N) is 5. The van der Waals surface area contributed by atoms with Gasteiger partial charge in [0.05, 0.1) is 29.6 Å². The average molecular weight is 499 g/mol. The van der Waals surface area contributed by atoms with Gasteiger partial charge in [-0.1, -0.05) is 19.1 Å². The van der Waals surface area contributed by atoms with Gasteiger partial charge in [-0.3, -0.25) is 9.48 Å². The normalized spacial score (nSPS) is 13.7. The second-order valence-electron chi connectivity index (χ2n) is 9.03. The summed E-state index contributed by atoms with van der Waals surface area (Å²) in [5.41, 5.74) is 3.75. The summed E-state index contributed by atoms with van der Waals surface area (Å²) in [6, 6.07) is 11.5. The molecule has 0 spiro atoms. The Labute approximate surface area is 215 Å². The van der Waals surface area contributed by atoms with E-state index < -0.39 is 0 Å². The first-order chi connectivity index (χ1) is 18.0. The van der Waals surface area contributed by atoms with Crippen LogP contribution in [0.4, 0.5) is 23.0 Å². The molecule has 0 aliphatic heterocycles. The molecule has 4 aromatic rings. The Bertz CT molecular complexity index is 1430. The third-order valence-corrected chi connectivity index (χ3v) is 6.66. The van der Waals surface area contributed by atoms with Crippen molar-refractivity contribution in [2.24, 2.45) is 7.05 Å². The number of Topliss-reactive ketones (excluding diaryl/α,β-unsaturated/α-hetero) is 1. The fourth-order valence-corrected chi connectivity index (χ4v) is 4.37. The number of anilines is 4. The lowest BCUT2D eigenvalue weighted by molar-refractivity contribution is 0.0988. The van der Waals surface area contributed by atoms with Crippen LogP contribution in [0.1, 0.15) is 42.1 Å². The largest absolute Gasteiger partial charge is 0.494 e. The van der Waals surface area contributed by atoms with Gasteiger partial charge in [0, 0.05) is 37.5 Å². The third-order valence-electron chi connectivity index (χ3n) is 6.66. The van der Waals surface area contributed by atoms with Crippen LogP contribution in [0, 0.1) is 0 Å². The van der Waals surface area contributed by atoms with Crippen LogP contribution in [0.2, 0.25) is 0 Å². The Morgan fingerprint density at radius 3 is 2.49 bits per heavy atom. The van der Waals surface area contributed by atoms with E-state index in [4.69, 9.17) is 4.74 Å². The van der Waals surface area contributed by atoms with E-state index in [2.05, 4.69) is 42.1 Å². The maximum atomic E-state index is 12.7. The number of benzene rings is 1. The van der Waals surface area contributed by atoms with Crippen molar-refractivity contribution in [2.45, 2.75) is 31.7 Å². The number of aryl methyl sites for hydroxylation is 1. The number of hydrogen-bond acceptors (Lipinski definition) is 9. The summed E-state index contributed by atoms with van der Waals surface area (Å²) in [5.74, 6) is 2.33. The van der Waals surface area contributed by atoms with E-state index in [-0.39, 0.29) is 11.3 Å². The highest BCUT2D eigenvalue weighted by molar-refractivity contribution is 6.02. The summed E-state index contributed by atoms with van der Waals surface area (Å²) in [6.07, 6.45) is 7.70. The number of aromatic nitrogens is 5. The summed E-state index contributed by atoms with van der Waals surface area (Å²) in [5, 5.41) is 14.4. The lowest BCUT2D eigenvalue weighted by Crippen LogP contribution is -2.24. The molecule has 5 rings (SSSR count). The van der Waals surface area contributed by atoms with Crippen LogP contribution in [-0.2, 0) is 12.6 Å². The second-order valence-corrected chi connectivity index (χ2v) is 9.03. The highest BCUT2D eigenvalue weighted by atomic mass is 16.5. The number of carbonyl (C=O) groups excluding carboxylic acids is 1. The molecule has 10 heteroatoms. The highest BCUT2D eigenvalue weighted by Crippen LogP contribution is 2.45. The fourth-order valence-electron chi connectivity index (χ4n) is 4.37. The predicted octanol–water partition coefficient (Wildman–Crippen LogP) is 4.57. The molecule has 0 bridgehead atoms. The number of carbonyl (C=O) groups is 1. The van der Waals surface area contributed by atoms with Gasteiger partial charge in [-0.25, -0.2) is 15.0 Å². The molecule has 1 saturated carbocycles. The summed E-state index contributed by atoms with van der Waals surface area (Å²) in [4.78, 5) is 26.1. The van der Waals surface area contributed by atoms with E-state index in [9.17, 15) is 4.79 Å². The second kappa shape index (κ2) is 9.98. The van der Waals surface area contributed by atoms with E-state index in [0.717, 1.165) is 18.4 Å². The molecule has 0 unspecified atom stereocenters. The Morgan fingerprint density at radius 2 is 1.86 bits per heavy atom. The lowest BCUT2D eigenvalue weighted by Gasteiger charge is -2.17. The fraction of sp³-hybridized carbons (Fsp3) is 0.296. The van der Waals surface area contributed by atoms with E-state index in [1.165, 1.54) is 5.56 Å². The number of nitrogens with one attached hydrogen (secondary N) is 3. The van der Waals surface area contributed by atoms with Gasteiger partial charge < -0.3 is 20.7 Å². The quantitative estimate of drug-likeness (QED) is 0.270. The van der Waals surface area contributed by atoms with Crippen LogP contribution in [0.5, 0.6) is 5.75 Å². The smallest absolute Gasteiger partial charge is 0.184 e. The van der Waals surface area contributed by atoms with Crippen LogP contribution in [0.15, 0.2) is 55.1 Å².